The van der Waals surface area contributed by atoms with Crippen LogP contribution < -0.4 is 0 Å². The molecular formula is C17H24N2O4. The third-order valence-electron chi connectivity index (χ3n) is 3.63. The number of aliphatic hydroxyl groups excluding tert-OH is 1. The van der Waals surface area contributed by atoms with E-state index in [1.54, 1.807) is 34.1 Å². The quantitative estimate of drug-likeness (QED) is 0.901. The van der Waals surface area contributed by atoms with Gasteiger partial charge in [0, 0.05) is 25.2 Å². The second-order valence-electron chi connectivity index (χ2n) is 6.63. The van der Waals surface area contributed by atoms with Crippen molar-refractivity contribution in [3.63, 3.8) is 0 Å². The molecule has 1 fully saturated rings. The lowest BCUT2D eigenvalue weighted by Gasteiger charge is -2.40. The van der Waals surface area contributed by atoms with Crippen LogP contribution in [0.1, 0.15) is 31.1 Å². The van der Waals surface area contributed by atoms with E-state index in [-0.39, 0.29) is 19.1 Å². The predicted octanol–water partition coefficient (Wildman–Crippen LogP) is 1.74. The van der Waals surface area contributed by atoms with E-state index in [2.05, 4.69) is 0 Å². The Labute approximate surface area is 136 Å². The molecule has 2 amide bonds. The Morgan fingerprint density at radius 2 is 1.87 bits per heavy atom. The molecule has 0 bridgehead atoms. The Morgan fingerprint density at radius 1 is 1.22 bits per heavy atom. The van der Waals surface area contributed by atoms with Gasteiger partial charge in [0.25, 0.3) is 5.91 Å². The number of amides is 2. The fraction of sp³-hybridized carbons (Fsp3) is 0.529. The predicted molar refractivity (Wildman–Crippen MR) is 86.2 cm³/mol. The van der Waals surface area contributed by atoms with Gasteiger partial charge in [0.15, 0.2) is 0 Å². The first-order valence-corrected chi connectivity index (χ1v) is 7.76. The largest absolute Gasteiger partial charge is 0.444 e. The molecule has 1 N–H and O–H groups in total. The first-order chi connectivity index (χ1) is 10.8. The second-order valence-corrected chi connectivity index (χ2v) is 6.63. The molecule has 0 spiro atoms. The molecule has 0 aliphatic carbocycles. The zero-order chi connectivity index (χ0) is 17.0. The lowest BCUT2D eigenvalue weighted by atomic mass is 10.1. The molecule has 1 saturated heterocycles. The summed E-state index contributed by atoms with van der Waals surface area (Å²) in [5.74, 6) is -0.131. The minimum absolute atomic E-state index is 0.131. The fourth-order valence-corrected chi connectivity index (χ4v) is 2.52. The van der Waals surface area contributed by atoms with E-state index in [1.807, 2.05) is 26.8 Å². The first kappa shape index (κ1) is 17.3. The number of ether oxygens (including phenoxy) is 1. The molecular weight excluding hydrogens is 296 g/mol. The van der Waals surface area contributed by atoms with E-state index < -0.39 is 17.7 Å². The Hall–Kier alpha value is -2.08. The van der Waals surface area contributed by atoms with Gasteiger partial charge in [-0.15, -0.1) is 0 Å². The minimum Gasteiger partial charge on any atom is -0.444 e. The molecule has 0 radical (unpaired) electrons. The van der Waals surface area contributed by atoms with E-state index in [0.717, 1.165) is 0 Å². The van der Waals surface area contributed by atoms with E-state index in [9.17, 15) is 14.7 Å². The van der Waals surface area contributed by atoms with E-state index in [4.69, 9.17) is 4.74 Å². The number of piperazine rings is 1. The highest BCUT2D eigenvalue weighted by Gasteiger charge is 2.34. The van der Waals surface area contributed by atoms with Gasteiger partial charge in [0.05, 0.1) is 12.6 Å². The highest BCUT2D eigenvalue weighted by Crippen LogP contribution is 2.17. The molecule has 6 nitrogen and oxygen atoms in total. The number of benzene rings is 1. The Bertz CT molecular complexity index is 553. The van der Waals surface area contributed by atoms with Crippen molar-refractivity contribution >= 4 is 12.0 Å². The molecule has 1 atom stereocenters. The van der Waals surface area contributed by atoms with Crippen LogP contribution in [-0.2, 0) is 4.74 Å². The summed E-state index contributed by atoms with van der Waals surface area (Å²) < 4.78 is 5.35. The van der Waals surface area contributed by atoms with Crippen LogP contribution in [0.5, 0.6) is 0 Å². The van der Waals surface area contributed by atoms with Gasteiger partial charge in [-0.25, -0.2) is 4.79 Å². The first-order valence-electron chi connectivity index (χ1n) is 7.76. The van der Waals surface area contributed by atoms with Crippen LogP contribution in [0.4, 0.5) is 4.79 Å². The number of nitrogens with zero attached hydrogens (tertiary/aromatic N) is 2. The van der Waals surface area contributed by atoms with Gasteiger partial charge in [-0.3, -0.25) is 4.79 Å². The van der Waals surface area contributed by atoms with Crippen molar-refractivity contribution in [2.45, 2.75) is 32.4 Å². The number of hydrogen-bond donors (Lipinski definition) is 1. The molecule has 1 aromatic rings. The average Bonchev–Trinajstić information content (AvgIpc) is 2.52. The third-order valence-corrected chi connectivity index (χ3v) is 3.63. The molecule has 126 valence electrons. The number of carbonyl (C=O) groups is 2. The summed E-state index contributed by atoms with van der Waals surface area (Å²) in [5, 5.41) is 9.62. The SMILES string of the molecule is CC(C)(C)OC(=O)N1CCN(C(=O)c2ccccc2)C(CO)C1. The average molecular weight is 320 g/mol. The highest BCUT2D eigenvalue weighted by molar-refractivity contribution is 5.94. The topological polar surface area (TPSA) is 70.1 Å². The van der Waals surface area contributed by atoms with Gasteiger partial charge >= 0.3 is 6.09 Å². The number of aliphatic hydroxyl groups is 1. The van der Waals surface area contributed by atoms with Crippen LogP contribution >= 0.6 is 0 Å². The fourth-order valence-electron chi connectivity index (χ4n) is 2.52. The van der Waals surface area contributed by atoms with Crippen molar-refractivity contribution in [1.29, 1.82) is 0 Å². The maximum Gasteiger partial charge on any atom is 0.410 e. The van der Waals surface area contributed by atoms with Crippen LogP contribution in [-0.4, -0.2) is 64.8 Å². The molecule has 1 aromatic carbocycles. The Kier molecular flexibility index (Phi) is 5.26. The number of rotatable bonds is 2. The van der Waals surface area contributed by atoms with Crippen molar-refractivity contribution in [2.75, 3.05) is 26.2 Å². The molecule has 0 aromatic heterocycles. The zero-order valence-electron chi connectivity index (χ0n) is 13.9. The summed E-state index contributed by atoms with van der Waals surface area (Å²) in [7, 11) is 0. The molecule has 2 rings (SSSR count). The van der Waals surface area contributed by atoms with Crippen molar-refractivity contribution < 1.29 is 19.4 Å². The van der Waals surface area contributed by atoms with Gasteiger partial charge in [-0.05, 0) is 32.9 Å². The summed E-state index contributed by atoms with van der Waals surface area (Å²) in [6, 6.07) is 8.52. The van der Waals surface area contributed by atoms with Gasteiger partial charge in [-0.1, -0.05) is 18.2 Å². The number of carbonyl (C=O) groups excluding carboxylic acids is 2. The van der Waals surface area contributed by atoms with E-state index in [1.165, 1.54) is 0 Å². The van der Waals surface area contributed by atoms with Crippen LogP contribution in [0, 0.1) is 0 Å². The van der Waals surface area contributed by atoms with Crippen LogP contribution in [0.3, 0.4) is 0 Å². The second kappa shape index (κ2) is 7.00. The van der Waals surface area contributed by atoms with Crippen LogP contribution in [0.25, 0.3) is 0 Å². The normalized spacial score (nSPS) is 18.7. The summed E-state index contributed by atoms with van der Waals surface area (Å²) in [6.45, 7) is 6.26. The zero-order valence-corrected chi connectivity index (χ0v) is 13.9. The van der Waals surface area contributed by atoms with E-state index >= 15 is 0 Å². The molecule has 1 unspecified atom stereocenters. The standard InChI is InChI=1S/C17H24N2O4/c1-17(2,3)23-16(22)18-9-10-19(14(11-18)12-20)15(21)13-7-5-4-6-8-13/h4-8,14,20H,9-12H2,1-3H3. The molecule has 1 heterocycles. The minimum atomic E-state index is -0.567. The smallest absolute Gasteiger partial charge is 0.410 e. The van der Waals surface area contributed by atoms with Gasteiger partial charge < -0.3 is 19.6 Å². The van der Waals surface area contributed by atoms with Crippen molar-refractivity contribution in [3.8, 4) is 0 Å². The Balaban J connectivity index is 2.05. The van der Waals surface area contributed by atoms with Crippen molar-refractivity contribution in [3.05, 3.63) is 35.9 Å². The monoisotopic (exact) mass is 320 g/mol. The summed E-state index contributed by atoms with van der Waals surface area (Å²) in [4.78, 5) is 27.9. The molecule has 6 heteroatoms. The van der Waals surface area contributed by atoms with Gasteiger partial charge in [-0.2, -0.15) is 0 Å². The van der Waals surface area contributed by atoms with Crippen molar-refractivity contribution in [1.82, 2.24) is 9.80 Å². The lowest BCUT2D eigenvalue weighted by Crippen LogP contribution is -2.58. The van der Waals surface area contributed by atoms with Gasteiger partial charge in [0.1, 0.15) is 5.60 Å². The third kappa shape index (κ3) is 4.45. The Morgan fingerprint density at radius 3 is 2.43 bits per heavy atom. The molecule has 1 aliphatic heterocycles. The van der Waals surface area contributed by atoms with Crippen LogP contribution in [0.2, 0.25) is 0 Å². The van der Waals surface area contributed by atoms with Gasteiger partial charge in [0.2, 0.25) is 0 Å². The maximum absolute atomic E-state index is 12.6. The lowest BCUT2D eigenvalue weighted by molar-refractivity contribution is -0.00242. The summed E-state index contributed by atoms with van der Waals surface area (Å²) >= 11 is 0. The summed E-state index contributed by atoms with van der Waals surface area (Å²) in [6.07, 6.45) is -0.414. The summed E-state index contributed by atoms with van der Waals surface area (Å²) in [5.41, 5.74) is 0.0136. The molecule has 1 aliphatic rings. The highest BCUT2D eigenvalue weighted by atomic mass is 16.6. The maximum atomic E-state index is 12.6. The molecule has 23 heavy (non-hydrogen) atoms. The van der Waals surface area contributed by atoms with E-state index in [0.29, 0.717) is 18.7 Å². The number of hydrogen-bond acceptors (Lipinski definition) is 4. The van der Waals surface area contributed by atoms with Crippen molar-refractivity contribution in [2.24, 2.45) is 0 Å². The molecule has 0 saturated carbocycles. The van der Waals surface area contributed by atoms with Crippen LogP contribution in [0.15, 0.2) is 30.3 Å².